The number of carboxylic acids is 1. The zero-order valence-electron chi connectivity index (χ0n) is 20.7. The topological polar surface area (TPSA) is 134 Å². The molecule has 1 spiro atoms. The van der Waals surface area contributed by atoms with Gasteiger partial charge in [0.05, 0.1) is 0 Å². The van der Waals surface area contributed by atoms with Crippen LogP contribution in [0.2, 0.25) is 0 Å². The van der Waals surface area contributed by atoms with Gasteiger partial charge in [0, 0.05) is 43.0 Å². The zero-order valence-corrected chi connectivity index (χ0v) is 20.7. The fraction of sp³-hybridized carbons (Fsp3) is 0.308. The van der Waals surface area contributed by atoms with E-state index in [2.05, 4.69) is 15.3 Å². The molecular weight excluding hydrogens is 519 g/mol. The average Bonchev–Trinajstić information content (AvgIpc) is 3.49. The summed E-state index contributed by atoms with van der Waals surface area (Å²) in [7, 11) is 0. The maximum absolute atomic E-state index is 12.9. The Hall–Kier alpha value is -4.55. The highest BCUT2D eigenvalue weighted by atomic mass is 19.4. The van der Waals surface area contributed by atoms with Crippen LogP contribution in [0.4, 0.5) is 19.0 Å². The van der Waals surface area contributed by atoms with Crippen molar-refractivity contribution in [2.45, 2.75) is 37.9 Å². The third kappa shape index (κ3) is 5.81. The van der Waals surface area contributed by atoms with Gasteiger partial charge in [0.25, 0.3) is 17.4 Å². The number of alkyl halides is 3. The van der Waals surface area contributed by atoms with Gasteiger partial charge in [-0.3, -0.25) is 14.4 Å². The van der Waals surface area contributed by atoms with Gasteiger partial charge in [-0.15, -0.1) is 0 Å². The van der Waals surface area contributed by atoms with E-state index in [1.54, 1.807) is 18.5 Å². The molecule has 0 radical (unpaired) electrons. The van der Waals surface area contributed by atoms with Gasteiger partial charge < -0.3 is 19.9 Å². The highest BCUT2D eigenvalue weighted by molar-refractivity contribution is 6.03. The minimum absolute atomic E-state index is 0.00827. The summed E-state index contributed by atoms with van der Waals surface area (Å²) in [4.78, 5) is 57.6. The van der Waals surface area contributed by atoms with Gasteiger partial charge in [0.15, 0.2) is 0 Å². The highest BCUT2D eigenvalue weighted by Crippen LogP contribution is 2.41. The van der Waals surface area contributed by atoms with Crippen molar-refractivity contribution in [2.24, 2.45) is 0 Å². The van der Waals surface area contributed by atoms with Gasteiger partial charge >= 0.3 is 12.1 Å². The number of nitrogens with zero attached hydrogens (tertiary/aromatic N) is 4. The van der Waals surface area contributed by atoms with Crippen molar-refractivity contribution in [2.75, 3.05) is 18.4 Å². The minimum Gasteiger partial charge on any atom is -0.475 e. The molecule has 1 fully saturated rings. The van der Waals surface area contributed by atoms with Gasteiger partial charge in [0.2, 0.25) is 0 Å². The molecule has 2 N–H and O–H groups in total. The lowest BCUT2D eigenvalue weighted by Crippen LogP contribution is -2.36. The molecule has 0 saturated carbocycles. The van der Waals surface area contributed by atoms with E-state index in [0.29, 0.717) is 36.8 Å². The van der Waals surface area contributed by atoms with Crippen LogP contribution >= 0.6 is 0 Å². The third-order valence-corrected chi connectivity index (χ3v) is 6.69. The monoisotopic (exact) mass is 543 g/mol. The van der Waals surface area contributed by atoms with E-state index in [0.717, 1.165) is 18.4 Å². The van der Waals surface area contributed by atoms with Crippen molar-refractivity contribution >= 4 is 23.6 Å². The first kappa shape index (κ1) is 27.5. The Labute approximate surface area is 220 Å². The van der Waals surface area contributed by atoms with Crippen LogP contribution in [0.1, 0.15) is 44.9 Å². The Balaban J connectivity index is 0.000000448. The van der Waals surface area contributed by atoms with Crippen LogP contribution in [0.15, 0.2) is 59.7 Å². The van der Waals surface area contributed by atoms with E-state index < -0.39 is 23.6 Å². The van der Waals surface area contributed by atoms with E-state index in [1.807, 2.05) is 52.8 Å². The van der Waals surface area contributed by atoms with Gasteiger partial charge in [-0.05, 0) is 43.5 Å². The number of fused-ring (bicyclic) bond motifs is 2. The van der Waals surface area contributed by atoms with Gasteiger partial charge in [-0.2, -0.15) is 18.2 Å². The fourth-order valence-electron chi connectivity index (χ4n) is 4.68. The molecule has 1 atom stereocenters. The van der Waals surface area contributed by atoms with Crippen molar-refractivity contribution in [3.05, 3.63) is 87.7 Å². The normalized spacial score (nSPS) is 17.8. The summed E-state index contributed by atoms with van der Waals surface area (Å²) < 4.78 is 33.6. The molecule has 1 saturated heterocycles. The van der Waals surface area contributed by atoms with Crippen LogP contribution in [0.5, 0.6) is 0 Å². The average molecular weight is 544 g/mol. The third-order valence-electron chi connectivity index (χ3n) is 6.69. The number of aryl methyl sites for hydroxylation is 2. The van der Waals surface area contributed by atoms with Crippen molar-refractivity contribution < 1.29 is 32.7 Å². The first-order valence-corrected chi connectivity index (χ1v) is 11.9. The van der Waals surface area contributed by atoms with Crippen molar-refractivity contribution in [3.8, 4) is 0 Å². The lowest BCUT2D eigenvalue weighted by molar-refractivity contribution is -0.192. The molecule has 0 bridgehead atoms. The van der Waals surface area contributed by atoms with Crippen LogP contribution in [-0.2, 0) is 16.8 Å². The molecule has 2 amide bonds. The standard InChI is InChI=1S/C24H23N5O3.C2HF3O2/c1-16-6-5-11-25-19(16)26-20(30)18-14-28-12-9-24(23(28)27-21(18)31)10-13-29(15-24)22(32)17-7-3-2-4-8-17;3-2(4,5)1(6)7/h2-8,11,14H,9-10,12-13,15H2,1H3,(H,25,26,30);(H,6,7). The quantitative estimate of drug-likeness (QED) is 0.519. The zero-order chi connectivity index (χ0) is 28.4. The maximum atomic E-state index is 12.9. The Kier molecular flexibility index (Phi) is 7.52. The van der Waals surface area contributed by atoms with Crippen molar-refractivity contribution in [3.63, 3.8) is 0 Å². The molecule has 3 aromatic rings. The number of rotatable bonds is 3. The minimum atomic E-state index is -5.08. The molecule has 1 unspecified atom stereocenters. The SMILES string of the molecule is Cc1cccnc1NC(=O)c1cn2c(nc1=O)C1(CCN(C(=O)c3ccccc3)C1)CC2.O=C(O)C(F)(F)F. The van der Waals surface area contributed by atoms with Crippen LogP contribution < -0.4 is 10.9 Å². The second-order valence-electron chi connectivity index (χ2n) is 9.28. The van der Waals surface area contributed by atoms with Crippen molar-refractivity contribution in [1.29, 1.82) is 0 Å². The number of hydrogen-bond acceptors (Lipinski definition) is 6. The molecule has 1 aromatic carbocycles. The van der Waals surface area contributed by atoms with Crippen LogP contribution in [0.25, 0.3) is 0 Å². The number of pyridine rings is 1. The number of aromatic nitrogens is 3. The number of halogens is 3. The molecule has 0 aliphatic carbocycles. The summed E-state index contributed by atoms with van der Waals surface area (Å²) >= 11 is 0. The number of benzene rings is 1. The smallest absolute Gasteiger partial charge is 0.475 e. The fourth-order valence-corrected chi connectivity index (χ4v) is 4.68. The Bertz CT molecular complexity index is 1470. The molecule has 5 rings (SSSR count). The van der Waals surface area contributed by atoms with E-state index in [1.165, 1.54) is 0 Å². The lowest BCUT2D eigenvalue weighted by atomic mass is 9.85. The second-order valence-corrected chi connectivity index (χ2v) is 9.28. The summed E-state index contributed by atoms with van der Waals surface area (Å²) in [5.74, 6) is -2.20. The second kappa shape index (κ2) is 10.7. The summed E-state index contributed by atoms with van der Waals surface area (Å²) in [5.41, 5.74) is 0.548. The summed E-state index contributed by atoms with van der Waals surface area (Å²) in [6.07, 6.45) is -0.378. The summed E-state index contributed by atoms with van der Waals surface area (Å²) in [5, 5.41) is 9.83. The van der Waals surface area contributed by atoms with Gasteiger partial charge in [-0.1, -0.05) is 24.3 Å². The number of nitrogens with one attached hydrogen (secondary N) is 1. The largest absolute Gasteiger partial charge is 0.490 e. The molecule has 4 heterocycles. The molecule has 2 aliphatic heterocycles. The van der Waals surface area contributed by atoms with Crippen LogP contribution in [0.3, 0.4) is 0 Å². The molecule has 2 aromatic heterocycles. The van der Waals surface area contributed by atoms with Crippen molar-refractivity contribution in [1.82, 2.24) is 19.4 Å². The number of anilines is 1. The first-order chi connectivity index (χ1) is 18.4. The molecule has 39 heavy (non-hydrogen) atoms. The molecule has 204 valence electrons. The Morgan fingerprint density at radius 3 is 2.36 bits per heavy atom. The van der Waals surface area contributed by atoms with E-state index in [-0.39, 0.29) is 16.9 Å². The number of carbonyl (C=O) groups is 3. The molecule has 10 nitrogen and oxygen atoms in total. The molecule has 2 aliphatic rings. The predicted molar refractivity (Wildman–Crippen MR) is 132 cm³/mol. The number of carboxylic acid groups (broad SMARTS) is 1. The van der Waals surface area contributed by atoms with Crippen LogP contribution in [-0.4, -0.2) is 61.6 Å². The van der Waals surface area contributed by atoms with E-state index in [4.69, 9.17) is 9.90 Å². The van der Waals surface area contributed by atoms with Gasteiger partial charge in [0.1, 0.15) is 17.2 Å². The van der Waals surface area contributed by atoms with Crippen LogP contribution in [0, 0.1) is 6.92 Å². The molecule has 13 heteroatoms. The van der Waals surface area contributed by atoms with E-state index in [9.17, 15) is 27.6 Å². The maximum Gasteiger partial charge on any atom is 0.490 e. The first-order valence-electron chi connectivity index (χ1n) is 11.9. The number of hydrogen-bond donors (Lipinski definition) is 2. The number of likely N-dealkylation sites (tertiary alicyclic amines) is 1. The van der Waals surface area contributed by atoms with Gasteiger partial charge in [-0.25, -0.2) is 9.78 Å². The summed E-state index contributed by atoms with van der Waals surface area (Å²) in [6, 6.07) is 12.8. The Morgan fingerprint density at radius 2 is 1.72 bits per heavy atom. The lowest BCUT2D eigenvalue weighted by Gasteiger charge is -2.23. The Morgan fingerprint density at radius 1 is 1.05 bits per heavy atom. The number of carbonyl (C=O) groups excluding carboxylic acids is 2. The number of amides is 2. The molecular formula is C26H24F3N5O5. The highest BCUT2D eigenvalue weighted by Gasteiger charge is 2.47. The number of aliphatic carboxylic acids is 1. The summed E-state index contributed by atoms with van der Waals surface area (Å²) in [6.45, 7) is 3.62. The van der Waals surface area contributed by atoms with E-state index >= 15 is 0 Å². The predicted octanol–water partition coefficient (Wildman–Crippen LogP) is 3.02.